The van der Waals surface area contributed by atoms with Crippen molar-refractivity contribution in [1.82, 2.24) is 4.98 Å². The molecule has 0 amide bonds. The van der Waals surface area contributed by atoms with E-state index < -0.39 is 0 Å². The molecule has 0 radical (unpaired) electrons. The van der Waals surface area contributed by atoms with Gasteiger partial charge in [-0.15, -0.1) is 0 Å². The molecule has 1 aliphatic heterocycles. The summed E-state index contributed by atoms with van der Waals surface area (Å²) >= 11 is 0. The Morgan fingerprint density at radius 3 is 2.47 bits per heavy atom. The van der Waals surface area contributed by atoms with Gasteiger partial charge in [0.15, 0.2) is 0 Å². The monoisotopic (exact) mass is 428 g/mol. The van der Waals surface area contributed by atoms with Gasteiger partial charge in [-0.1, -0.05) is 49.6 Å². The molecule has 1 spiro atoms. The molecule has 1 unspecified atom stereocenters. The Hall–Kier alpha value is -2.18. The zero-order valence-corrected chi connectivity index (χ0v) is 19.3. The van der Waals surface area contributed by atoms with E-state index in [-0.39, 0.29) is 11.0 Å². The number of nitrogens with zero attached hydrogens (tertiary/aromatic N) is 2. The van der Waals surface area contributed by atoms with Crippen LogP contribution >= 0.6 is 0 Å². The molecule has 3 atom stereocenters. The predicted octanol–water partition coefficient (Wildman–Crippen LogP) is 7.19. The molecule has 2 aliphatic carbocycles. The van der Waals surface area contributed by atoms with Crippen LogP contribution in [0, 0.1) is 11.3 Å². The van der Waals surface area contributed by atoms with E-state index >= 15 is 0 Å². The quantitative estimate of drug-likeness (QED) is 0.489. The minimum atomic E-state index is 0.0950. The van der Waals surface area contributed by atoms with Crippen LogP contribution in [0.5, 0.6) is 0 Å². The van der Waals surface area contributed by atoms with Gasteiger partial charge in [0, 0.05) is 30.3 Å². The van der Waals surface area contributed by atoms with Crippen molar-refractivity contribution >= 4 is 0 Å². The zero-order valence-electron chi connectivity index (χ0n) is 19.3. The fourth-order valence-electron chi connectivity index (χ4n) is 7.07. The number of nitriles is 1. The second kappa shape index (κ2) is 9.36. The van der Waals surface area contributed by atoms with Crippen LogP contribution in [0.15, 0.2) is 48.7 Å². The van der Waals surface area contributed by atoms with Crippen molar-refractivity contribution in [2.45, 2.75) is 99.9 Å². The summed E-state index contributed by atoms with van der Waals surface area (Å²) in [6.07, 6.45) is 15.9. The predicted molar refractivity (Wildman–Crippen MR) is 128 cm³/mol. The lowest BCUT2D eigenvalue weighted by atomic mass is 9.66. The Morgan fingerprint density at radius 2 is 1.72 bits per heavy atom. The minimum absolute atomic E-state index is 0.0950. The van der Waals surface area contributed by atoms with Gasteiger partial charge in [-0.25, -0.2) is 0 Å². The lowest BCUT2D eigenvalue weighted by molar-refractivity contribution is -0.105. The highest BCUT2D eigenvalue weighted by Crippen LogP contribution is 2.51. The second-order valence-electron chi connectivity index (χ2n) is 10.5. The van der Waals surface area contributed by atoms with Crippen molar-refractivity contribution in [1.29, 1.82) is 5.26 Å². The number of pyridine rings is 1. The summed E-state index contributed by atoms with van der Waals surface area (Å²) in [7, 11) is 0. The summed E-state index contributed by atoms with van der Waals surface area (Å²) in [6, 6.07) is 17.8. The van der Waals surface area contributed by atoms with Crippen LogP contribution in [0.4, 0.5) is 0 Å². The van der Waals surface area contributed by atoms with Gasteiger partial charge >= 0.3 is 0 Å². The van der Waals surface area contributed by atoms with Gasteiger partial charge in [0.05, 0.1) is 11.7 Å². The highest BCUT2D eigenvalue weighted by atomic mass is 16.5. The third-order valence-corrected chi connectivity index (χ3v) is 8.66. The molecule has 1 saturated heterocycles. The van der Waals surface area contributed by atoms with E-state index in [1.807, 2.05) is 12.3 Å². The lowest BCUT2D eigenvalue weighted by Crippen LogP contribution is -2.46. The summed E-state index contributed by atoms with van der Waals surface area (Å²) in [5.74, 6) is 1.05. The van der Waals surface area contributed by atoms with Crippen molar-refractivity contribution in [2.24, 2.45) is 0 Å². The Morgan fingerprint density at radius 1 is 0.969 bits per heavy atom. The molecule has 5 rings (SSSR count). The van der Waals surface area contributed by atoms with Gasteiger partial charge in [0.25, 0.3) is 0 Å². The largest absolute Gasteiger partial charge is 0.375 e. The van der Waals surface area contributed by atoms with E-state index in [4.69, 9.17) is 9.72 Å². The lowest BCUT2D eigenvalue weighted by Gasteiger charge is -2.46. The van der Waals surface area contributed by atoms with E-state index in [2.05, 4.69) is 42.5 Å². The molecule has 3 aliphatic rings. The third kappa shape index (κ3) is 4.23. The van der Waals surface area contributed by atoms with Gasteiger partial charge in [-0.05, 0) is 86.5 Å². The molecule has 32 heavy (non-hydrogen) atoms. The van der Waals surface area contributed by atoms with E-state index in [9.17, 15) is 5.26 Å². The number of hydrogen-bond acceptors (Lipinski definition) is 3. The molecule has 0 N–H and O–H groups in total. The van der Waals surface area contributed by atoms with E-state index in [1.165, 1.54) is 68.2 Å². The van der Waals surface area contributed by atoms with Gasteiger partial charge in [-0.3, -0.25) is 4.98 Å². The number of aromatic nitrogens is 1. The number of rotatable bonds is 6. The minimum Gasteiger partial charge on any atom is -0.375 e. The summed E-state index contributed by atoms with van der Waals surface area (Å²) in [5, 5.41) is 9.25. The Labute approximate surface area is 193 Å². The molecule has 1 aromatic carbocycles. The van der Waals surface area contributed by atoms with Gasteiger partial charge < -0.3 is 4.74 Å². The Balaban J connectivity index is 1.33. The molecule has 3 nitrogen and oxygen atoms in total. The molecule has 1 saturated carbocycles. The maximum absolute atomic E-state index is 9.25. The molecule has 1 aromatic heterocycles. The Kier molecular flexibility index (Phi) is 6.33. The second-order valence-corrected chi connectivity index (χ2v) is 10.5. The van der Waals surface area contributed by atoms with Crippen molar-refractivity contribution in [3.63, 3.8) is 0 Å². The smallest absolute Gasteiger partial charge is 0.0691 e. The SMILES string of the molecule is N#CCC1CC[C@H](CCC[C@@]2(c3ccccn3)CCOC3(CCCC3)C2)c2ccccc21. The van der Waals surface area contributed by atoms with Crippen LogP contribution in [0.2, 0.25) is 0 Å². The third-order valence-electron chi connectivity index (χ3n) is 8.66. The number of hydrogen-bond donors (Lipinski definition) is 0. The summed E-state index contributed by atoms with van der Waals surface area (Å²) in [4.78, 5) is 4.87. The van der Waals surface area contributed by atoms with E-state index in [0.29, 0.717) is 18.3 Å². The van der Waals surface area contributed by atoms with Crippen LogP contribution in [-0.4, -0.2) is 17.2 Å². The topological polar surface area (TPSA) is 45.9 Å². The van der Waals surface area contributed by atoms with Crippen molar-refractivity contribution < 1.29 is 4.74 Å². The first-order valence-corrected chi connectivity index (χ1v) is 12.7. The van der Waals surface area contributed by atoms with Crippen molar-refractivity contribution in [3.05, 3.63) is 65.5 Å². The first-order valence-electron chi connectivity index (χ1n) is 12.7. The van der Waals surface area contributed by atoms with Crippen LogP contribution < -0.4 is 0 Å². The zero-order chi connectivity index (χ0) is 21.9. The van der Waals surface area contributed by atoms with Crippen molar-refractivity contribution in [3.8, 4) is 6.07 Å². The van der Waals surface area contributed by atoms with Crippen molar-refractivity contribution in [2.75, 3.05) is 6.61 Å². The van der Waals surface area contributed by atoms with Gasteiger partial charge in [0.2, 0.25) is 0 Å². The van der Waals surface area contributed by atoms with Crippen LogP contribution in [0.25, 0.3) is 0 Å². The van der Waals surface area contributed by atoms with E-state index in [1.54, 1.807) is 0 Å². The summed E-state index contributed by atoms with van der Waals surface area (Å²) in [6.45, 7) is 0.874. The fraction of sp³-hybridized carbons (Fsp3) is 0.586. The maximum Gasteiger partial charge on any atom is 0.0691 e. The van der Waals surface area contributed by atoms with Gasteiger partial charge in [0.1, 0.15) is 0 Å². The average Bonchev–Trinajstić information content (AvgIpc) is 3.28. The fourth-order valence-corrected chi connectivity index (χ4v) is 7.07. The first-order chi connectivity index (χ1) is 15.7. The van der Waals surface area contributed by atoms with Crippen LogP contribution in [0.1, 0.15) is 106 Å². The molecule has 2 fully saturated rings. The van der Waals surface area contributed by atoms with Crippen LogP contribution in [0.3, 0.4) is 0 Å². The van der Waals surface area contributed by atoms with Gasteiger partial charge in [-0.2, -0.15) is 5.26 Å². The molecule has 2 aromatic rings. The Bertz CT molecular complexity index is 943. The number of ether oxygens (including phenoxy) is 1. The van der Waals surface area contributed by atoms with E-state index in [0.717, 1.165) is 25.9 Å². The average molecular weight is 429 g/mol. The first kappa shape index (κ1) is 21.7. The molecule has 3 heteroatoms. The summed E-state index contributed by atoms with van der Waals surface area (Å²) < 4.78 is 6.43. The van der Waals surface area contributed by atoms with Crippen LogP contribution in [-0.2, 0) is 10.2 Å². The normalized spacial score (nSPS) is 28.8. The standard InChI is InChI=1S/C29H36N2O/c30-19-14-24-13-12-23(25-9-1-2-10-26(24)25)8-7-15-28(27-11-3-6-20-31-27)18-21-32-29(22-28)16-4-5-17-29/h1-3,6,9-11,20,23-24H,4-5,7-8,12-18,21-22H2/t23-,24?,28+/m0/s1. The maximum atomic E-state index is 9.25. The molecular formula is C29H36N2O. The number of fused-ring (bicyclic) bond motifs is 1. The molecular weight excluding hydrogens is 392 g/mol. The highest BCUT2D eigenvalue weighted by Gasteiger charge is 2.48. The highest BCUT2D eigenvalue weighted by molar-refractivity contribution is 5.36. The number of benzene rings is 1. The molecule has 0 bridgehead atoms. The molecule has 2 heterocycles. The summed E-state index contributed by atoms with van der Waals surface area (Å²) in [5.41, 5.74) is 4.47. The molecule has 168 valence electrons.